The number of benzene rings is 2. The zero-order chi connectivity index (χ0) is 15.1. The van der Waals surface area contributed by atoms with Gasteiger partial charge in [-0.25, -0.2) is 4.39 Å². The number of imidazole rings is 1. The van der Waals surface area contributed by atoms with Crippen LogP contribution in [-0.4, -0.2) is 23.6 Å². The first kappa shape index (κ1) is 14.5. The number of halogens is 2. The second-order valence-electron chi connectivity index (χ2n) is 4.93. The van der Waals surface area contributed by atoms with E-state index in [9.17, 15) is 4.39 Å². The van der Waals surface area contributed by atoms with Crippen molar-refractivity contribution >= 4 is 51.5 Å². The standard InChI is InChI=1S/C15H13FIN3S/c1-19(2)12-5-3-4-6-13(12)20-14-7-9(16)10(17)8-11(14)18-15(20)21/h3-8H,1-2H3,(H,18,21). The number of fused-ring (bicyclic) bond motifs is 1. The highest BCUT2D eigenvalue weighted by atomic mass is 127. The van der Waals surface area contributed by atoms with Crippen LogP contribution in [0.2, 0.25) is 0 Å². The van der Waals surface area contributed by atoms with Crippen molar-refractivity contribution in [2.24, 2.45) is 0 Å². The highest BCUT2D eigenvalue weighted by Gasteiger charge is 2.13. The summed E-state index contributed by atoms with van der Waals surface area (Å²) in [5, 5.41) is 0. The third-order valence-corrected chi connectivity index (χ3v) is 4.44. The van der Waals surface area contributed by atoms with Gasteiger partial charge in [-0.2, -0.15) is 0 Å². The highest BCUT2D eigenvalue weighted by molar-refractivity contribution is 14.1. The maximum atomic E-state index is 13.9. The lowest BCUT2D eigenvalue weighted by Crippen LogP contribution is -2.12. The summed E-state index contributed by atoms with van der Waals surface area (Å²) >= 11 is 7.41. The van der Waals surface area contributed by atoms with Gasteiger partial charge in [-0.05, 0) is 53.0 Å². The Hall–Kier alpha value is -1.41. The minimum Gasteiger partial charge on any atom is -0.376 e. The second kappa shape index (κ2) is 5.42. The highest BCUT2D eigenvalue weighted by Crippen LogP contribution is 2.28. The largest absolute Gasteiger partial charge is 0.376 e. The van der Waals surface area contributed by atoms with Crippen LogP contribution in [0.3, 0.4) is 0 Å². The molecule has 3 rings (SSSR count). The molecule has 0 spiro atoms. The molecule has 0 unspecified atom stereocenters. The number of nitrogens with one attached hydrogen (secondary N) is 1. The zero-order valence-electron chi connectivity index (χ0n) is 11.5. The van der Waals surface area contributed by atoms with E-state index < -0.39 is 0 Å². The Kier molecular flexibility index (Phi) is 3.75. The van der Waals surface area contributed by atoms with Crippen LogP contribution in [0.5, 0.6) is 0 Å². The molecule has 3 nitrogen and oxygen atoms in total. The van der Waals surface area contributed by atoms with Gasteiger partial charge >= 0.3 is 0 Å². The average molecular weight is 413 g/mol. The number of aromatic amines is 1. The van der Waals surface area contributed by atoms with Gasteiger partial charge in [-0.15, -0.1) is 0 Å². The summed E-state index contributed by atoms with van der Waals surface area (Å²) in [5.41, 5.74) is 3.53. The Bertz CT molecular complexity index is 882. The van der Waals surface area contributed by atoms with Crippen LogP contribution in [-0.2, 0) is 0 Å². The van der Waals surface area contributed by atoms with Gasteiger partial charge in [0, 0.05) is 20.2 Å². The van der Waals surface area contributed by atoms with E-state index in [0.717, 1.165) is 22.4 Å². The van der Waals surface area contributed by atoms with E-state index in [2.05, 4.69) is 4.98 Å². The Balaban J connectivity index is 2.38. The summed E-state index contributed by atoms with van der Waals surface area (Å²) in [7, 11) is 3.95. The molecule has 0 atom stereocenters. The van der Waals surface area contributed by atoms with Crippen molar-refractivity contribution in [1.82, 2.24) is 9.55 Å². The first-order chi connectivity index (χ1) is 9.99. The van der Waals surface area contributed by atoms with Crippen LogP contribution < -0.4 is 4.90 Å². The van der Waals surface area contributed by atoms with Crippen LogP contribution >= 0.6 is 34.8 Å². The molecule has 0 radical (unpaired) electrons. The van der Waals surface area contributed by atoms with E-state index in [4.69, 9.17) is 12.2 Å². The van der Waals surface area contributed by atoms with Gasteiger partial charge in [0.1, 0.15) is 5.82 Å². The van der Waals surface area contributed by atoms with E-state index in [1.54, 1.807) is 6.07 Å². The van der Waals surface area contributed by atoms with E-state index >= 15 is 0 Å². The number of hydrogen-bond donors (Lipinski definition) is 1. The predicted molar refractivity (Wildman–Crippen MR) is 95.5 cm³/mol. The maximum Gasteiger partial charge on any atom is 0.182 e. The molecule has 0 fully saturated rings. The first-order valence-electron chi connectivity index (χ1n) is 6.35. The molecule has 0 saturated carbocycles. The molecule has 3 aromatic rings. The molecule has 1 heterocycles. The molecule has 0 bridgehead atoms. The SMILES string of the molecule is CN(C)c1ccccc1-n1c(=S)[nH]c2cc(I)c(F)cc21. The Morgan fingerprint density at radius 3 is 2.67 bits per heavy atom. The molecule has 0 amide bonds. The molecule has 21 heavy (non-hydrogen) atoms. The van der Waals surface area contributed by atoms with Gasteiger partial charge in [0.25, 0.3) is 0 Å². The van der Waals surface area contributed by atoms with Crippen LogP contribution in [0, 0.1) is 14.2 Å². The minimum absolute atomic E-state index is 0.242. The molecule has 0 aliphatic heterocycles. The summed E-state index contributed by atoms with van der Waals surface area (Å²) in [4.78, 5) is 5.16. The average Bonchev–Trinajstić information content (AvgIpc) is 2.74. The monoisotopic (exact) mass is 413 g/mol. The fourth-order valence-corrected chi connectivity index (χ4v) is 3.15. The van der Waals surface area contributed by atoms with Crippen LogP contribution in [0.25, 0.3) is 16.7 Å². The number of H-pyrrole nitrogens is 1. The number of rotatable bonds is 2. The lowest BCUT2D eigenvalue weighted by molar-refractivity contribution is 0.622. The van der Waals surface area contributed by atoms with E-state index in [0.29, 0.717) is 8.34 Å². The first-order valence-corrected chi connectivity index (χ1v) is 7.84. The molecule has 6 heteroatoms. The summed E-state index contributed by atoms with van der Waals surface area (Å²) in [5.74, 6) is -0.242. The third-order valence-electron chi connectivity index (χ3n) is 3.33. The molecule has 0 saturated heterocycles. The van der Waals surface area contributed by atoms with E-state index in [-0.39, 0.29) is 5.82 Å². The molecular formula is C15H13FIN3S. The number of nitrogens with zero attached hydrogens (tertiary/aromatic N) is 2. The topological polar surface area (TPSA) is 24.0 Å². The van der Waals surface area contributed by atoms with Crippen molar-refractivity contribution in [3.8, 4) is 5.69 Å². The van der Waals surface area contributed by atoms with Crippen molar-refractivity contribution in [1.29, 1.82) is 0 Å². The number of aromatic nitrogens is 2. The third kappa shape index (κ3) is 2.46. The van der Waals surface area contributed by atoms with Gasteiger partial charge in [0.15, 0.2) is 4.77 Å². The fourth-order valence-electron chi connectivity index (χ4n) is 2.37. The maximum absolute atomic E-state index is 13.9. The van der Waals surface area contributed by atoms with Gasteiger partial charge in [-0.3, -0.25) is 4.57 Å². The van der Waals surface area contributed by atoms with Crippen molar-refractivity contribution in [3.05, 3.63) is 50.6 Å². The molecule has 1 aromatic heterocycles. The number of hydrogen-bond acceptors (Lipinski definition) is 2. The molecule has 0 aliphatic rings. The van der Waals surface area contributed by atoms with Crippen molar-refractivity contribution in [2.45, 2.75) is 0 Å². The lowest BCUT2D eigenvalue weighted by Gasteiger charge is -2.18. The van der Waals surface area contributed by atoms with E-state index in [1.807, 2.05) is 70.4 Å². The van der Waals surface area contributed by atoms with Gasteiger partial charge in [0.05, 0.1) is 26.0 Å². The molecule has 2 aromatic carbocycles. The molecule has 108 valence electrons. The Morgan fingerprint density at radius 1 is 1.24 bits per heavy atom. The number of para-hydroxylation sites is 2. The summed E-state index contributed by atoms with van der Waals surface area (Å²) < 4.78 is 16.9. The van der Waals surface area contributed by atoms with Gasteiger partial charge in [0.2, 0.25) is 0 Å². The van der Waals surface area contributed by atoms with Crippen LogP contribution in [0.15, 0.2) is 36.4 Å². The molecule has 1 N–H and O–H groups in total. The van der Waals surface area contributed by atoms with Crippen LogP contribution in [0.1, 0.15) is 0 Å². The summed E-state index contributed by atoms with van der Waals surface area (Å²) in [6.45, 7) is 0. The van der Waals surface area contributed by atoms with Gasteiger partial charge < -0.3 is 9.88 Å². The minimum atomic E-state index is -0.242. The van der Waals surface area contributed by atoms with Gasteiger partial charge in [-0.1, -0.05) is 12.1 Å². The zero-order valence-corrected chi connectivity index (χ0v) is 14.5. The Morgan fingerprint density at radius 2 is 1.95 bits per heavy atom. The van der Waals surface area contributed by atoms with Crippen LogP contribution in [0.4, 0.5) is 10.1 Å². The second-order valence-corrected chi connectivity index (χ2v) is 6.48. The fraction of sp³-hybridized carbons (Fsp3) is 0.133. The van der Waals surface area contributed by atoms with Crippen molar-refractivity contribution < 1.29 is 4.39 Å². The molecular weight excluding hydrogens is 400 g/mol. The van der Waals surface area contributed by atoms with Crippen molar-refractivity contribution in [2.75, 3.05) is 19.0 Å². The predicted octanol–water partition coefficient (Wildman–Crippen LogP) is 4.50. The smallest absolute Gasteiger partial charge is 0.182 e. The lowest BCUT2D eigenvalue weighted by atomic mass is 10.2. The normalized spacial score (nSPS) is 11.0. The molecule has 0 aliphatic carbocycles. The summed E-state index contributed by atoms with van der Waals surface area (Å²) in [6, 6.07) is 11.2. The summed E-state index contributed by atoms with van der Waals surface area (Å²) in [6.07, 6.45) is 0. The van der Waals surface area contributed by atoms with E-state index in [1.165, 1.54) is 6.07 Å². The quantitative estimate of drug-likeness (QED) is 0.494. The number of anilines is 1. The Labute approximate surface area is 140 Å². The van der Waals surface area contributed by atoms with Crippen molar-refractivity contribution in [3.63, 3.8) is 0 Å².